The average molecular weight is 643 g/mol. The summed E-state index contributed by atoms with van der Waals surface area (Å²) in [5.41, 5.74) is 4.87. The number of thiazole rings is 1. The molecular weight excluding hydrogens is 607 g/mol. The summed E-state index contributed by atoms with van der Waals surface area (Å²) in [5, 5.41) is 1.80. The Kier molecular flexibility index (Phi) is 9.60. The van der Waals surface area contributed by atoms with Gasteiger partial charge in [-0.05, 0) is 54.7 Å². The first-order chi connectivity index (χ1) is 20.6. The molecule has 0 unspecified atom stereocenters. The second-order valence-corrected chi connectivity index (χ2v) is 13.7. The Bertz CT molecular complexity index is 1650. The van der Waals surface area contributed by atoms with Crippen LogP contribution in [0.25, 0.3) is 0 Å². The van der Waals surface area contributed by atoms with E-state index in [1.165, 1.54) is 29.0 Å². The van der Waals surface area contributed by atoms with E-state index in [2.05, 4.69) is 41.1 Å². The first-order valence-corrected chi connectivity index (χ1v) is 17.0. The van der Waals surface area contributed by atoms with Crippen molar-refractivity contribution in [1.82, 2.24) is 9.88 Å². The second kappa shape index (κ2) is 13.2. The zero-order valence-electron chi connectivity index (χ0n) is 24.7. The Balaban J connectivity index is 1.41. The van der Waals surface area contributed by atoms with Crippen LogP contribution in [0.4, 0.5) is 15.9 Å². The number of aryl methyl sites for hydroxylation is 1. The average Bonchev–Trinajstić information content (AvgIpc) is 3.71. The summed E-state index contributed by atoms with van der Waals surface area (Å²) in [4.78, 5) is 8.17. The van der Waals surface area contributed by atoms with E-state index in [-0.39, 0.29) is 23.4 Å². The number of nitrogens with zero attached hydrogens (tertiary/aromatic N) is 4. The van der Waals surface area contributed by atoms with Crippen LogP contribution >= 0.6 is 22.9 Å². The van der Waals surface area contributed by atoms with Gasteiger partial charge in [-0.2, -0.15) is 0 Å². The summed E-state index contributed by atoms with van der Waals surface area (Å²) in [7, 11) is -0.901. The van der Waals surface area contributed by atoms with Gasteiger partial charge >= 0.3 is 0 Å². The molecule has 5 rings (SSSR count). The fourth-order valence-electron chi connectivity index (χ4n) is 5.79. The van der Waals surface area contributed by atoms with Gasteiger partial charge in [0.1, 0.15) is 16.5 Å². The Morgan fingerprint density at radius 2 is 1.95 bits per heavy atom. The maximum Gasteiger partial charge on any atom is 0.268 e. The fourth-order valence-corrected chi connectivity index (χ4v) is 8.23. The van der Waals surface area contributed by atoms with Crippen LogP contribution < -0.4 is 13.9 Å². The van der Waals surface area contributed by atoms with E-state index >= 15 is 4.39 Å². The SMILES string of the molecule is CC[C@@H](c1ccccc1)N1CC[C@H](N(C)c2cc(F)c(S(=O)(=O)N(Cc3ccc(OC)cc3C)c3cscn3)cc2Cl)C1. The number of hydrogen-bond donors (Lipinski definition) is 0. The lowest BCUT2D eigenvalue weighted by molar-refractivity contribution is 0.236. The van der Waals surface area contributed by atoms with Crippen LogP contribution in [-0.2, 0) is 16.6 Å². The number of sulfonamides is 1. The van der Waals surface area contributed by atoms with Gasteiger partial charge in [0.15, 0.2) is 5.82 Å². The third-order valence-corrected chi connectivity index (χ3v) is 10.9. The molecule has 1 saturated heterocycles. The molecule has 11 heteroatoms. The van der Waals surface area contributed by atoms with Gasteiger partial charge in [0, 0.05) is 43.7 Å². The summed E-state index contributed by atoms with van der Waals surface area (Å²) in [5.74, 6) is 0.0212. The van der Waals surface area contributed by atoms with E-state index in [4.69, 9.17) is 16.3 Å². The number of benzene rings is 3. The largest absolute Gasteiger partial charge is 0.497 e. The summed E-state index contributed by atoms with van der Waals surface area (Å²) in [6.07, 6.45) is 1.87. The predicted octanol–water partition coefficient (Wildman–Crippen LogP) is 7.31. The highest BCUT2D eigenvalue weighted by Crippen LogP contribution is 2.37. The molecule has 2 atom stereocenters. The van der Waals surface area contributed by atoms with Crippen molar-refractivity contribution >= 4 is 44.5 Å². The minimum absolute atomic E-state index is 0.0292. The Labute approximate surface area is 262 Å². The van der Waals surface area contributed by atoms with Gasteiger partial charge in [-0.3, -0.25) is 4.90 Å². The molecule has 0 bridgehead atoms. The molecular formula is C32H36ClFN4O3S2. The summed E-state index contributed by atoms with van der Waals surface area (Å²) < 4.78 is 50.3. The minimum Gasteiger partial charge on any atom is -0.497 e. The fraction of sp³-hybridized carbons (Fsp3) is 0.344. The van der Waals surface area contributed by atoms with Gasteiger partial charge in [0.2, 0.25) is 0 Å². The molecule has 0 N–H and O–H groups in total. The van der Waals surface area contributed by atoms with Crippen LogP contribution in [0.15, 0.2) is 76.4 Å². The molecule has 43 heavy (non-hydrogen) atoms. The van der Waals surface area contributed by atoms with E-state index in [9.17, 15) is 8.42 Å². The lowest BCUT2D eigenvalue weighted by atomic mass is 10.0. The standard InChI is InChI=1S/C32H36ClFN4O3S2/c1-5-29(23-9-7-6-8-10-23)37-14-13-25(19-37)36(3)30-17-28(34)31(16-27(30)33)43(39,40)38(32-20-42-21-35-32)18-24-11-12-26(41-4)15-22(24)2/h6-12,15-17,20-21,25,29H,5,13-14,18-19H2,1-4H3/t25-,29-/m0/s1. The molecule has 228 valence electrons. The molecule has 0 amide bonds. The van der Waals surface area contributed by atoms with Crippen LogP contribution in [0.5, 0.6) is 5.75 Å². The monoisotopic (exact) mass is 642 g/mol. The number of rotatable bonds is 11. The van der Waals surface area contributed by atoms with Crippen molar-refractivity contribution in [3.8, 4) is 5.75 Å². The lowest BCUT2D eigenvalue weighted by Gasteiger charge is -2.31. The zero-order chi connectivity index (χ0) is 30.7. The molecule has 1 aromatic heterocycles. The molecule has 0 aliphatic carbocycles. The van der Waals surface area contributed by atoms with Gasteiger partial charge in [-0.25, -0.2) is 22.1 Å². The second-order valence-electron chi connectivity index (χ2n) is 10.8. The van der Waals surface area contributed by atoms with Gasteiger partial charge in [-0.1, -0.05) is 54.9 Å². The highest BCUT2D eigenvalue weighted by Gasteiger charge is 2.34. The van der Waals surface area contributed by atoms with E-state index in [1.54, 1.807) is 30.1 Å². The maximum absolute atomic E-state index is 15.8. The van der Waals surface area contributed by atoms with Gasteiger partial charge in [-0.15, -0.1) is 11.3 Å². The van der Waals surface area contributed by atoms with E-state index in [1.807, 2.05) is 31.0 Å². The van der Waals surface area contributed by atoms with Crippen molar-refractivity contribution in [2.24, 2.45) is 0 Å². The lowest BCUT2D eigenvalue weighted by Crippen LogP contribution is -2.36. The Morgan fingerprint density at radius 3 is 2.60 bits per heavy atom. The van der Waals surface area contributed by atoms with Crippen molar-refractivity contribution in [1.29, 1.82) is 0 Å². The molecule has 0 saturated carbocycles. The van der Waals surface area contributed by atoms with E-state index in [0.717, 1.165) is 41.4 Å². The molecule has 1 aliphatic rings. The highest BCUT2D eigenvalue weighted by molar-refractivity contribution is 7.92. The topological polar surface area (TPSA) is 66.0 Å². The summed E-state index contributed by atoms with van der Waals surface area (Å²) >= 11 is 7.98. The molecule has 2 heterocycles. The van der Waals surface area contributed by atoms with Gasteiger partial charge in [0.05, 0.1) is 29.9 Å². The number of aromatic nitrogens is 1. The molecule has 0 radical (unpaired) electrons. The number of ether oxygens (including phenoxy) is 1. The van der Waals surface area contributed by atoms with Crippen molar-refractivity contribution in [2.75, 3.05) is 36.5 Å². The predicted molar refractivity (Wildman–Crippen MR) is 172 cm³/mol. The molecule has 1 fully saturated rings. The highest BCUT2D eigenvalue weighted by atomic mass is 35.5. The minimum atomic E-state index is -4.36. The number of methoxy groups -OCH3 is 1. The number of halogens is 2. The van der Waals surface area contributed by atoms with Crippen LogP contribution in [0.3, 0.4) is 0 Å². The van der Waals surface area contributed by atoms with Crippen molar-refractivity contribution in [3.05, 3.63) is 99.1 Å². The first-order valence-electron chi connectivity index (χ1n) is 14.2. The normalized spacial score (nSPS) is 16.3. The molecule has 3 aromatic carbocycles. The number of anilines is 2. The summed E-state index contributed by atoms with van der Waals surface area (Å²) in [6, 6.07) is 18.7. The third-order valence-electron chi connectivity index (χ3n) is 8.24. The zero-order valence-corrected chi connectivity index (χ0v) is 27.1. The van der Waals surface area contributed by atoms with Crippen molar-refractivity contribution in [2.45, 2.75) is 50.2 Å². The smallest absolute Gasteiger partial charge is 0.268 e. The van der Waals surface area contributed by atoms with E-state index < -0.39 is 20.7 Å². The van der Waals surface area contributed by atoms with Crippen LogP contribution in [-0.4, -0.2) is 51.6 Å². The van der Waals surface area contributed by atoms with Crippen molar-refractivity contribution < 1.29 is 17.5 Å². The third kappa shape index (κ3) is 6.52. The number of likely N-dealkylation sites (tertiary alicyclic amines) is 1. The molecule has 7 nitrogen and oxygen atoms in total. The number of likely N-dealkylation sites (N-methyl/N-ethyl adjacent to an activating group) is 1. The molecule has 0 spiro atoms. The van der Waals surface area contributed by atoms with Crippen LogP contribution in [0.1, 0.15) is 42.5 Å². The molecule has 1 aliphatic heterocycles. The van der Waals surface area contributed by atoms with Gasteiger partial charge < -0.3 is 9.64 Å². The van der Waals surface area contributed by atoms with Crippen molar-refractivity contribution in [3.63, 3.8) is 0 Å². The van der Waals surface area contributed by atoms with Crippen LogP contribution in [0.2, 0.25) is 5.02 Å². The molecule has 4 aromatic rings. The quantitative estimate of drug-likeness (QED) is 0.171. The Hall–Kier alpha value is -3.18. The first kappa shape index (κ1) is 31.3. The number of hydrogen-bond acceptors (Lipinski definition) is 7. The Morgan fingerprint density at radius 1 is 1.19 bits per heavy atom. The summed E-state index contributed by atoms with van der Waals surface area (Å²) in [6.45, 7) is 5.73. The van der Waals surface area contributed by atoms with E-state index in [0.29, 0.717) is 17.5 Å². The maximum atomic E-state index is 15.8. The van der Waals surface area contributed by atoms with Gasteiger partial charge in [0.25, 0.3) is 10.0 Å². The van der Waals surface area contributed by atoms with Crippen LogP contribution in [0, 0.1) is 12.7 Å².